The van der Waals surface area contributed by atoms with Crippen molar-refractivity contribution in [2.45, 2.75) is 82.3 Å². The predicted molar refractivity (Wildman–Crippen MR) is 143 cm³/mol. The van der Waals surface area contributed by atoms with Gasteiger partial charge in [0, 0.05) is 43.5 Å². The SMILES string of the molecule is CC(C)(C)OC(=O)N1CC2CCC(C1)N2c1nc(OC[C@@]23CCCN2CC(F)C3)nc2c(F)c(Br)ccc12. The maximum absolute atomic E-state index is 15.3. The average molecular weight is 595 g/mol. The molecule has 2 bridgehead atoms. The van der Waals surface area contributed by atoms with E-state index in [1.54, 1.807) is 11.0 Å². The molecule has 4 fully saturated rings. The first kappa shape index (κ1) is 26.0. The molecule has 5 heterocycles. The Morgan fingerprint density at radius 2 is 1.92 bits per heavy atom. The lowest BCUT2D eigenvalue weighted by molar-refractivity contribution is 0.0209. The summed E-state index contributed by atoms with van der Waals surface area (Å²) >= 11 is 3.28. The minimum absolute atomic E-state index is 0.0185. The molecule has 38 heavy (non-hydrogen) atoms. The van der Waals surface area contributed by atoms with Gasteiger partial charge in [0.05, 0.1) is 10.0 Å². The number of hydrogen-bond donors (Lipinski definition) is 0. The summed E-state index contributed by atoms with van der Waals surface area (Å²) in [6, 6.07) is 3.62. The number of alkyl halides is 1. The molecule has 6 rings (SSSR count). The lowest BCUT2D eigenvalue weighted by atomic mass is 9.95. The highest BCUT2D eigenvalue weighted by Crippen LogP contribution is 2.42. The average Bonchev–Trinajstić information content (AvgIpc) is 3.45. The van der Waals surface area contributed by atoms with Crippen LogP contribution in [-0.4, -0.2) is 88.0 Å². The van der Waals surface area contributed by atoms with Crippen molar-refractivity contribution in [3.05, 3.63) is 22.4 Å². The van der Waals surface area contributed by atoms with Crippen molar-refractivity contribution in [1.82, 2.24) is 19.8 Å². The van der Waals surface area contributed by atoms with E-state index in [9.17, 15) is 9.18 Å². The van der Waals surface area contributed by atoms with Crippen LogP contribution in [-0.2, 0) is 4.74 Å². The van der Waals surface area contributed by atoms with Crippen molar-refractivity contribution in [3.63, 3.8) is 0 Å². The van der Waals surface area contributed by atoms with Gasteiger partial charge in [-0.1, -0.05) is 0 Å². The van der Waals surface area contributed by atoms with Crippen LogP contribution in [0.5, 0.6) is 6.01 Å². The van der Waals surface area contributed by atoms with E-state index in [0.717, 1.165) is 32.2 Å². The Labute approximate surface area is 229 Å². The van der Waals surface area contributed by atoms with Crippen LogP contribution in [0.25, 0.3) is 10.9 Å². The van der Waals surface area contributed by atoms with E-state index in [4.69, 9.17) is 14.5 Å². The topological polar surface area (TPSA) is 71.0 Å². The molecule has 0 aliphatic carbocycles. The van der Waals surface area contributed by atoms with Crippen molar-refractivity contribution in [3.8, 4) is 6.01 Å². The third-order valence-electron chi connectivity index (χ3n) is 8.33. The summed E-state index contributed by atoms with van der Waals surface area (Å²) in [7, 11) is 0. The lowest BCUT2D eigenvalue weighted by Gasteiger charge is -2.42. The van der Waals surface area contributed by atoms with Crippen LogP contribution in [0.1, 0.15) is 52.9 Å². The van der Waals surface area contributed by atoms with Gasteiger partial charge in [0.1, 0.15) is 29.7 Å². The summed E-state index contributed by atoms with van der Waals surface area (Å²) in [4.78, 5) is 28.2. The van der Waals surface area contributed by atoms with Crippen molar-refractivity contribution < 1.29 is 23.0 Å². The molecule has 8 nitrogen and oxygen atoms in total. The molecule has 2 aromatic rings. The molecule has 4 saturated heterocycles. The fourth-order valence-electron chi connectivity index (χ4n) is 6.73. The third kappa shape index (κ3) is 4.59. The minimum atomic E-state index is -0.864. The van der Waals surface area contributed by atoms with Crippen LogP contribution in [0.2, 0.25) is 0 Å². The lowest BCUT2D eigenvalue weighted by Crippen LogP contribution is -2.56. The number of likely N-dealkylation sites (tertiary alicyclic amines) is 1. The first-order valence-corrected chi connectivity index (χ1v) is 14.3. The fourth-order valence-corrected chi connectivity index (χ4v) is 7.05. The molecule has 4 aliphatic rings. The number of fused-ring (bicyclic) bond motifs is 4. The molecule has 1 aromatic carbocycles. The Bertz CT molecular complexity index is 1250. The molecule has 4 aliphatic heterocycles. The quantitative estimate of drug-likeness (QED) is 0.490. The summed E-state index contributed by atoms with van der Waals surface area (Å²) in [5, 5.41) is 0.603. The number of benzene rings is 1. The number of piperazine rings is 1. The number of halogens is 3. The van der Waals surface area contributed by atoms with Gasteiger partial charge in [-0.15, -0.1) is 0 Å². The molecule has 11 heteroatoms. The highest BCUT2D eigenvalue weighted by atomic mass is 79.9. The van der Waals surface area contributed by atoms with E-state index in [-0.39, 0.29) is 41.8 Å². The number of nitrogens with zero attached hydrogens (tertiary/aromatic N) is 5. The van der Waals surface area contributed by atoms with Crippen molar-refractivity contribution >= 4 is 38.7 Å². The van der Waals surface area contributed by atoms with Gasteiger partial charge < -0.3 is 19.3 Å². The van der Waals surface area contributed by atoms with E-state index in [1.165, 1.54) is 0 Å². The Hall–Kier alpha value is -2.27. The molecular weight excluding hydrogens is 560 g/mol. The van der Waals surface area contributed by atoms with Gasteiger partial charge in [0.15, 0.2) is 5.82 Å². The molecule has 206 valence electrons. The van der Waals surface area contributed by atoms with E-state index in [1.807, 2.05) is 26.8 Å². The normalized spacial score (nSPS) is 29.3. The number of hydrogen-bond acceptors (Lipinski definition) is 7. The maximum atomic E-state index is 15.3. The molecule has 4 atom stereocenters. The molecule has 0 spiro atoms. The Balaban J connectivity index is 1.31. The van der Waals surface area contributed by atoms with Gasteiger partial charge in [0.2, 0.25) is 0 Å². The standard InChI is InChI=1S/C27H34BrF2N5O3/c1-26(2,3)38-25(36)33-13-17-5-6-18(14-33)35(17)23-19-7-8-20(28)21(30)22(19)31-24(32-23)37-15-27-9-4-10-34(27)12-16(29)11-27/h7-8,16-18H,4-6,9-15H2,1-3H3/t16?,17?,18?,27-/m0/s1. The maximum Gasteiger partial charge on any atom is 0.410 e. The largest absolute Gasteiger partial charge is 0.461 e. The van der Waals surface area contributed by atoms with Gasteiger partial charge in [-0.2, -0.15) is 9.97 Å². The summed E-state index contributed by atoms with van der Waals surface area (Å²) in [5.41, 5.74) is -0.738. The monoisotopic (exact) mass is 593 g/mol. The van der Waals surface area contributed by atoms with Crippen molar-refractivity contribution in [1.29, 1.82) is 0 Å². The van der Waals surface area contributed by atoms with Crippen molar-refractivity contribution in [2.24, 2.45) is 0 Å². The molecule has 0 N–H and O–H groups in total. The third-order valence-corrected chi connectivity index (χ3v) is 8.94. The second-order valence-corrected chi connectivity index (χ2v) is 13.0. The molecule has 0 radical (unpaired) electrons. The second kappa shape index (κ2) is 9.43. The Kier molecular flexibility index (Phi) is 6.45. The van der Waals surface area contributed by atoms with Crippen LogP contribution >= 0.6 is 15.9 Å². The van der Waals surface area contributed by atoms with Gasteiger partial charge >= 0.3 is 12.1 Å². The number of carbonyl (C=O) groups excluding carboxylic acids is 1. The molecule has 1 aromatic heterocycles. The van der Waals surface area contributed by atoms with Gasteiger partial charge in [-0.3, -0.25) is 4.90 Å². The number of anilines is 1. The summed E-state index contributed by atoms with van der Waals surface area (Å²) < 4.78 is 41.7. The van der Waals surface area contributed by atoms with Crippen LogP contribution in [0, 0.1) is 5.82 Å². The highest BCUT2D eigenvalue weighted by Gasteiger charge is 2.49. The molecular formula is C27H34BrF2N5O3. The molecule has 1 amide bonds. The van der Waals surface area contributed by atoms with E-state index in [2.05, 4.69) is 30.7 Å². The van der Waals surface area contributed by atoms with Crippen LogP contribution in [0.15, 0.2) is 16.6 Å². The number of rotatable bonds is 4. The number of ether oxygens (including phenoxy) is 2. The van der Waals surface area contributed by atoms with E-state index >= 15 is 4.39 Å². The summed E-state index contributed by atoms with van der Waals surface area (Å²) in [6.07, 6.45) is 2.91. The molecule has 3 unspecified atom stereocenters. The van der Waals surface area contributed by atoms with E-state index in [0.29, 0.717) is 41.7 Å². The number of amides is 1. The minimum Gasteiger partial charge on any atom is -0.461 e. The smallest absolute Gasteiger partial charge is 0.410 e. The van der Waals surface area contributed by atoms with Crippen LogP contribution in [0.4, 0.5) is 19.4 Å². The summed E-state index contributed by atoms with van der Waals surface area (Å²) in [5.74, 6) is 0.143. The summed E-state index contributed by atoms with van der Waals surface area (Å²) in [6.45, 7) is 8.15. The predicted octanol–water partition coefficient (Wildman–Crippen LogP) is 5.07. The fraction of sp³-hybridized carbons (Fsp3) is 0.667. The van der Waals surface area contributed by atoms with Gasteiger partial charge in [-0.05, 0) is 81.1 Å². The highest BCUT2D eigenvalue weighted by molar-refractivity contribution is 9.10. The van der Waals surface area contributed by atoms with Crippen LogP contribution < -0.4 is 9.64 Å². The molecule has 0 saturated carbocycles. The zero-order chi connectivity index (χ0) is 26.8. The van der Waals surface area contributed by atoms with Gasteiger partial charge in [-0.25, -0.2) is 13.6 Å². The van der Waals surface area contributed by atoms with Gasteiger partial charge in [0.25, 0.3) is 0 Å². The van der Waals surface area contributed by atoms with Crippen LogP contribution in [0.3, 0.4) is 0 Å². The van der Waals surface area contributed by atoms with E-state index < -0.39 is 17.6 Å². The zero-order valence-corrected chi connectivity index (χ0v) is 23.6. The first-order valence-electron chi connectivity index (χ1n) is 13.5. The number of carbonyl (C=O) groups is 1. The zero-order valence-electron chi connectivity index (χ0n) is 22.1. The second-order valence-electron chi connectivity index (χ2n) is 12.1. The van der Waals surface area contributed by atoms with Crippen molar-refractivity contribution in [2.75, 3.05) is 37.7 Å². The number of aromatic nitrogens is 2. The Morgan fingerprint density at radius 1 is 1.18 bits per heavy atom. The Morgan fingerprint density at radius 3 is 2.63 bits per heavy atom. The first-order chi connectivity index (χ1) is 18.0.